The van der Waals surface area contributed by atoms with Crippen LogP contribution < -0.4 is 4.74 Å². The van der Waals surface area contributed by atoms with Gasteiger partial charge in [-0.3, -0.25) is 9.59 Å². The van der Waals surface area contributed by atoms with Crippen LogP contribution in [0.1, 0.15) is 32.6 Å². The molecule has 126 valence electrons. The number of carbonyl (C=O) groups is 2. The lowest BCUT2D eigenvalue weighted by atomic mass is 9.93. The number of benzene rings is 1. The molecule has 5 nitrogen and oxygen atoms in total. The number of piperidine rings is 1. The first-order valence-corrected chi connectivity index (χ1v) is 8.27. The average molecular weight is 340 g/mol. The number of nitrogens with zero attached hydrogens (tertiary/aromatic N) is 1. The van der Waals surface area contributed by atoms with Gasteiger partial charge in [0.05, 0.1) is 5.02 Å². The highest BCUT2D eigenvalue weighted by molar-refractivity contribution is 6.32. The first-order chi connectivity index (χ1) is 11.0. The van der Waals surface area contributed by atoms with E-state index in [0.29, 0.717) is 30.3 Å². The Labute approximate surface area is 141 Å². The first-order valence-electron chi connectivity index (χ1n) is 7.89. The van der Waals surface area contributed by atoms with Gasteiger partial charge in [-0.25, -0.2) is 0 Å². The summed E-state index contributed by atoms with van der Waals surface area (Å²) >= 11 is 6.05. The van der Waals surface area contributed by atoms with Gasteiger partial charge in [0.15, 0.2) is 6.10 Å². The quantitative estimate of drug-likeness (QED) is 0.864. The third-order valence-corrected chi connectivity index (χ3v) is 4.40. The second-order valence-electron chi connectivity index (χ2n) is 5.92. The highest BCUT2D eigenvalue weighted by Crippen LogP contribution is 2.26. The van der Waals surface area contributed by atoms with Crippen LogP contribution in [0.3, 0.4) is 0 Å². The van der Waals surface area contributed by atoms with Crippen LogP contribution in [0, 0.1) is 5.92 Å². The Balaban J connectivity index is 1.91. The summed E-state index contributed by atoms with van der Waals surface area (Å²) < 4.78 is 5.68. The van der Waals surface area contributed by atoms with E-state index in [-0.39, 0.29) is 18.2 Å². The number of rotatable bonds is 6. The molecule has 6 heteroatoms. The molecular formula is C17H22ClNO4. The Morgan fingerprint density at radius 1 is 1.43 bits per heavy atom. The van der Waals surface area contributed by atoms with Crippen molar-refractivity contribution in [3.05, 3.63) is 29.3 Å². The van der Waals surface area contributed by atoms with Crippen molar-refractivity contribution in [1.82, 2.24) is 4.90 Å². The van der Waals surface area contributed by atoms with E-state index < -0.39 is 12.1 Å². The fourth-order valence-corrected chi connectivity index (χ4v) is 3.05. The monoisotopic (exact) mass is 339 g/mol. The minimum absolute atomic E-state index is 0.0788. The Morgan fingerprint density at radius 2 is 2.17 bits per heavy atom. The molecule has 1 aromatic rings. The third kappa shape index (κ3) is 5.13. The van der Waals surface area contributed by atoms with Crippen molar-refractivity contribution in [2.24, 2.45) is 5.92 Å². The molecule has 1 saturated heterocycles. The van der Waals surface area contributed by atoms with Gasteiger partial charge in [-0.1, -0.05) is 23.7 Å². The topological polar surface area (TPSA) is 66.8 Å². The molecule has 1 aliphatic heterocycles. The summed E-state index contributed by atoms with van der Waals surface area (Å²) in [5.41, 5.74) is 0. The number of carboxylic acids is 1. The molecule has 2 atom stereocenters. The number of para-hydroxylation sites is 1. The molecule has 1 aliphatic rings. The number of ether oxygens (including phenoxy) is 1. The zero-order valence-corrected chi connectivity index (χ0v) is 14.0. The van der Waals surface area contributed by atoms with Crippen LogP contribution in [0.25, 0.3) is 0 Å². The lowest BCUT2D eigenvalue weighted by Crippen LogP contribution is -2.45. The lowest BCUT2D eigenvalue weighted by Gasteiger charge is -2.34. The summed E-state index contributed by atoms with van der Waals surface area (Å²) in [7, 11) is 0. The second kappa shape index (κ2) is 8.20. The van der Waals surface area contributed by atoms with Crippen LogP contribution in [0.15, 0.2) is 24.3 Å². The van der Waals surface area contributed by atoms with Crippen molar-refractivity contribution in [2.75, 3.05) is 13.1 Å². The van der Waals surface area contributed by atoms with E-state index >= 15 is 0 Å². The van der Waals surface area contributed by atoms with E-state index in [0.717, 1.165) is 12.8 Å². The van der Waals surface area contributed by atoms with Crippen LogP contribution >= 0.6 is 11.6 Å². The van der Waals surface area contributed by atoms with Crippen molar-refractivity contribution < 1.29 is 19.4 Å². The SMILES string of the molecule is C[C@@H](Oc1ccccc1Cl)C(=O)N1CCC[C@@H](CCC(=O)O)C1. The molecule has 1 heterocycles. The summed E-state index contributed by atoms with van der Waals surface area (Å²) in [6, 6.07) is 7.06. The maximum atomic E-state index is 12.5. The zero-order chi connectivity index (χ0) is 16.8. The van der Waals surface area contributed by atoms with Gasteiger partial charge in [0.2, 0.25) is 0 Å². The standard InChI is InChI=1S/C17H22ClNO4/c1-12(23-15-7-3-2-6-14(15)18)17(22)19-10-4-5-13(11-19)8-9-16(20)21/h2-3,6-7,12-13H,4-5,8-11H2,1H3,(H,20,21)/t12-,13+/m1/s1. The number of likely N-dealkylation sites (tertiary alicyclic amines) is 1. The summed E-state index contributed by atoms with van der Waals surface area (Å²) in [4.78, 5) is 25.0. The zero-order valence-electron chi connectivity index (χ0n) is 13.2. The molecular weight excluding hydrogens is 318 g/mol. The summed E-state index contributed by atoms with van der Waals surface area (Å²) in [6.45, 7) is 3.01. The van der Waals surface area contributed by atoms with Crippen LogP contribution in [-0.4, -0.2) is 41.1 Å². The smallest absolute Gasteiger partial charge is 0.303 e. The number of hydrogen-bond donors (Lipinski definition) is 1. The maximum Gasteiger partial charge on any atom is 0.303 e. The summed E-state index contributed by atoms with van der Waals surface area (Å²) in [5.74, 6) is -0.125. The van der Waals surface area contributed by atoms with Gasteiger partial charge in [0.25, 0.3) is 5.91 Å². The molecule has 2 rings (SSSR count). The minimum atomic E-state index is -0.788. The Morgan fingerprint density at radius 3 is 2.87 bits per heavy atom. The Hall–Kier alpha value is -1.75. The number of hydrogen-bond acceptors (Lipinski definition) is 3. The lowest BCUT2D eigenvalue weighted by molar-refractivity contribution is -0.140. The average Bonchev–Trinajstić information content (AvgIpc) is 2.54. The molecule has 1 aromatic carbocycles. The van der Waals surface area contributed by atoms with Crippen LogP contribution in [0.5, 0.6) is 5.75 Å². The van der Waals surface area contributed by atoms with Crippen molar-refractivity contribution >= 4 is 23.5 Å². The van der Waals surface area contributed by atoms with E-state index in [2.05, 4.69) is 0 Å². The molecule has 1 N–H and O–H groups in total. The molecule has 0 aliphatic carbocycles. The van der Waals surface area contributed by atoms with Crippen molar-refractivity contribution in [1.29, 1.82) is 0 Å². The maximum absolute atomic E-state index is 12.5. The number of carbonyl (C=O) groups excluding carboxylic acids is 1. The molecule has 1 fully saturated rings. The summed E-state index contributed by atoms with van der Waals surface area (Å²) in [5, 5.41) is 9.26. The molecule has 0 radical (unpaired) electrons. The van der Waals surface area contributed by atoms with Gasteiger partial charge in [0.1, 0.15) is 5.75 Å². The molecule has 0 saturated carbocycles. The molecule has 0 bridgehead atoms. The Kier molecular flexibility index (Phi) is 6.28. The number of halogens is 1. The normalized spacial score (nSPS) is 19.2. The molecule has 0 aromatic heterocycles. The molecule has 23 heavy (non-hydrogen) atoms. The van der Waals surface area contributed by atoms with Gasteiger partial charge in [-0.2, -0.15) is 0 Å². The summed E-state index contributed by atoms with van der Waals surface area (Å²) in [6.07, 6.45) is 2.01. The Bertz CT molecular complexity index is 563. The highest BCUT2D eigenvalue weighted by Gasteiger charge is 2.28. The van der Waals surface area contributed by atoms with Crippen molar-refractivity contribution in [3.8, 4) is 5.75 Å². The third-order valence-electron chi connectivity index (χ3n) is 4.09. The second-order valence-corrected chi connectivity index (χ2v) is 6.32. The first kappa shape index (κ1) is 17.6. The van der Waals surface area contributed by atoms with E-state index in [4.69, 9.17) is 21.4 Å². The number of amides is 1. The van der Waals surface area contributed by atoms with Crippen LogP contribution in [0.2, 0.25) is 5.02 Å². The number of aliphatic carboxylic acids is 1. The van der Waals surface area contributed by atoms with E-state index in [1.54, 1.807) is 36.1 Å². The van der Waals surface area contributed by atoms with Crippen LogP contribution in [-0.2, 0) is 9.59 Å². The fourth-order valence-electron chi connectivity index (χ4n) is 2.87. The largest absolute Gasteiger partial charge is 0.481 e. The predicted octanol–water partition coefficient (Wildman–Crippen LogP) is 3.21. The van der Waals surface area contributed by atoms with E-state index in [1.165, 1.54) is 0 Å². The van der Waals surface area contributed by atoms with Crippen LogP contribution in [0.4, 0.5) is 0 Å². The molecule has 0 spiro atoms. The van der Waals surface area contributed by atoms with Gasteiger partial charge < -0.3 is 14.7 Å². The van der Waals surface area contributed by atoms with E-state index in [1.807, 2.05) is 0 Å². The number of carboxylic acid groups (broad SMARTS) is 1. The fraction of sp³-hybridized carbons (Fsp3) is 0.529. The van der Waals surface area contributed by atoms with Crippen molar-refractivity contribution in [2.45, 2.75) is 38.7 Å². The van der Waals surface area contributed by atoms with E-state index in [9.17, 15) is 9.59 Å². The highest BCUT2D eigenvalue weighted by atomic mass is 35.5. The predicted molar refractivity (Wildman–Crippen MR) is 87.7 cm³/mol. The van der Waals surface area contributed by atoms with Gasteiger partial charge in [0, 0.05) is 19.5 Å². The van der Waals surface area contributed by atoms with Gasteiger partial charge in [-0.15, -0.1) is 0 Å². The molecule has 0 unspecified atom stereocenters. The molecule has 1 amide bonds. The van der Waals surface area contributed by atoms with Crippen molar-refractivity contribution in [3.63, 3.8) is 0 Å². The van der Waals surface area contributed by atoms with Gasteiger partial charge in [-0.05, 0) is 44.2 Å². The van der Waals surface area contributed by atoms with Gasteiger partial charge >= 0.3 is 5.97 Å². The minimum Gasteiger partial charge on any atom is -0.481 e.